The van der Waals surface area contributed by atoms with Gasteiger partial charge in [0.1, 0.15) is 5.82 Å². The van der Waals surface area contributed by atoms with Crippen LogP contribution in [0.15, 0.2) is 29.8 Å². The highest BCUT2D eigenvalue weighted by molar-refractivity contribution is 5.69. The average molecular weight is 294 g/mol. The monoisotopic (exact) mass is 294 g/mol. The molecule has 0 heterocycles. The minimum atomic E-state index is -1.13. The second-order valence-electron chi connectivity index (χ2n) is 4.54. The van der Waals surface area contributed by atoms with Gasteiger partial charge in [-0.15, -0.1) is 0 Å². The number of hydrogen-bond donors (Lipinski definition) is 0. The molecule has 0 fully saturated rings. The van der Waals surface area contributed by atoms with Gasteiger partial charge in [-0.25, -0.2) is 4.39 Å². The molecule has 1 rings (SSSR count). The van der Waals surface area contributed by atoms with Crippen LogP contribution in [-0.4, -0.2) is 18.2 Å². The number of hydrogen-bond acceptors (Lipinski definition) is 4. The van der Waals surface area contributed by atoms with Crippen molar-refractivity contribution in [3.8, 4) is 0 Å². The second kappa shape index (κ2) is 8.19. The van der Waals surface area contributed by atoms with E-state index in [9.17, 15) is 14.0 Å². The van der Waals surface area contributed by atoms with Crippen molar-refractivity contribution in [1.82, 2.24) is 0 Å². The van der Waals surface area contributed by atoms with E-state index in [-0.39, 0.29) is 0 Å². The van der Waals surface area contributed by atoms with Crippen molar-refractivity contribution < 1.29 is 23.5 Å². The maximum absolute atomic E-state index is 13.7. The van der Waals surface area contributed by atoms with Gasteiger partial charge in [-0.3, -0.25) is 9.59 Å². The molecule has 114 valence electrons. The van der Waals surface area contributed by atoms with Crippen LogP contribution in [0.3, 0.4) is 0 Å². The second-order valence-corrected chi connectivity index (χ2v) is 4.54. The van der Waals surface area contributed by atoms with Gasteiger partial charge in [0.05, 0.1) is 0 Å². The summed E-state index contributed by atoms with van der Waals surface area (Å²) in [6, 6.07) is 6.22. The Kier molecular flexibility index (Phi) is 6.59. The van der Waals surface area contributed by atoms with E-state index < -0.39 is 24.0 Å². The first-order valence-corrected chi connectivity index (χ1v) is 6.73. The lowest BCUT2D eigenvalue weighted by molar-refractivity contribution is -0.178. The van der Waals surface area contributed by atoms with Crippen LogP contribution in [-0.2, 0) is 19.1 Å². The van der Waals surface area contributed by atoms with E-state index in [4.69, 9.17) is 9.47 Å². The molecule has 0 aromatic heterocycles. The fraction of sp³-hybridized carbons (Fsp3) is 0.375. The summed E-state index contributed by atoms with van der Waals surface area (Å²) < 4.78 is 23.7. The van der Waals surface area contributed by atoms with E-state index >= 15 is 0 Å². The van der Waals surface area contributed by atoms with E-state index in [0.717, 1.165) is 6.42 Å². The molecule has 0 N–H and O–H groups in total. The van der Waals surface area contributed by atoms with Crippen molar-refractivity contribution in [2.24, 2.45) is 0 Å². The van der Waals surface area contributed by atoms with Crippen LogP contribution in [0.2, 0.25) is 0 Å². The number of ether oxygens (including phenoxy) is 2. The summed E-state index contributed by atoms with van der Waals surface area (Å²) in [5.41, 5.74) is 0.887. The summed E-state index contributed by atoms with van der Waals surface area (Å²) in [6.07, 6.45) is 1.67. The first-order chi connectivity index (χ1) is 9.93. The summed E-state index contributed by atoms with van der Waals surface area (Å²) in [5, 5.41) is 0. The smallest absolute Gasteiger partial charge is 0.305 e. The molecule has 0 aliphatic carbocycles. The Balaban J connectivity index is 3.13. The van der Waals surface area contributed by atoms with Crippen molar-refractivity contribution in [3.63, 3.8) is 0 Å². The van der Waals surface area contributed by atoms with Gasteiger partial charge in [0.2, 0.25) is 0 Å². The standard InChI is InChI=1S/C16H19FO4/c1-4-7-14(10-13-8-5-6-9-15(13)17)16(20-11(2)18)21-12(3)19/h5-6,8-10,16H,4,7H2,1-3H3/b14-10+. The summed E-state index contributed by atoms with van der Waals surface area (Å²) in [6.45, 7) is 4.38. The molecule has 1 aromatic rings. The molecule has 5 heteroatoms. The lowest BCUT2D eigenvalue weighted by atomic mass is 10.1. The zero-order valence-corrected chi connectivity index (χ0v) is 12.4. The minimum absolute atomic E-state index is 0.352. The molecule has 0 spiro atoms. The summed E-state index contributed by atoms with van der Waals surface area (Å²) in [4.78, 5) is 22.3. The third-order valence-corrected chi connectivity index (χ3v) is 2.63. The summed E-state index contributed by atoms with van der Waals surface area (Å²) in [7, 11) is 0. The van der Waals surface area contributed by atoms with Gasteiger partial charge in [-0.1, -0.05) is 31.5 Å². The molecule has 0 aliphatic rings. The van der Waals surface area contributed by atoms with Crippen molar-refractivity contribution in [2.75, 3.05) is 0 Å². The number of carbonyl (C=O) groups excluding carboxylic acids is 2. The Morgan fingerprint density at radius 2 is 1.76 bits per heavy atom. The molecule has 0 radical (unpaired) electrons. The number of carbonyl (C=O) groups is 2. The largest absolute Gasteiger partial charge is 0.421 e. The van der Waals surface area contributed by atoms with Gasteiger partial charge in [-0.2, -0.15) is 0 Å². The Hall–Kier alpha value is -2.17. The predicted octanol–water partition coefficient (Wildman–Crippen LogP) is 3.46. The van der Waals surface area contributed by atoms with Gasteiger partial charge < -0.3 is 9.47 Å². The van der Waals surface area contributed by atoms with E-state index in [1.807, 2.05) is 6.92 Å². The van der Waals surface area contributed by atoms with Crippen molar-refractivity contribution in [3.05, 3.63) is 41.2 Å². The lowest BCUT2D eigenvalue weighted by Crippen LogP contribution is -2.24. The van der Waals surface area contributed by atoms with E-state index in [0.29, 0.717) is 17.6 Å². The zero-order chi connectivity index (χ0) is 15.8. The SMILES string of the molecule is CCC/C(=C\c1ccccc1F)C(OC(C)=O)OC(C)=O. The predicted molar refractivity (Wildman–Crippen MR) is 76.6 cm³/mol. The Bertz CT molecular complexity index is 521. The molecule has 0 aliphatic heterocycles. The Morgan fingerprint density at radius 3 is 2.24 bits per heavy atom. The fourth-order valence-electron chi connectivity index (χ4n) is 1.82. The minimum Gasteiger partial charge on any atom is -0.421 e. The van der Waals surface area contributed by atoms with Crippen LogP contribution in [0.5, 0.6) is 0 Å². The highest BCUT2D eigenvalue weighted by atomic mass is 19.1. The third-order valence-electron chi connectivity index (χ3n) is 2.63. The van der Waals surface area contributed by atoms with E-state index in [2.05, 4.69) is 0 Å². The molecular formula is C16H19FO4. The quantitative estimate of drug-likeness (QED) is 0.595. The average Bonchev–Trinajstić information content (AvgIpc) is 2.39. The molecule has 0 unspecified atom stereocenters. The molecule has 21 heavy (non-hydrogen) atoms. The zero-order valence-electron chi connectivity index (χ0n) is 12.4. The van der Waals surface area contributed by atoms with Gasteiger partial charge >= 0.3 is 11.9 Å². The first kappa shape index (κ1) is 16.9. The molecule has 0 saturated carbocycles. The molecule has 4 nitrogen and oxygen atoms in total. The van der Waals surface area contributed by atoms with Crippen molar-refractivity contribution >= 4 is 18.0 Å². The normalized spacial score (nSPS) is 11.4. The number of rotatable bonds is 6. The van der Waals surface area contributed by atoms with Gasteiger partial charge in [0, 0.05) is 25.0 Å². The van der Waals surface area contributed by atoms with Crippen LogP contribution in [0, 0.1) is 5.82 Å². The van der Waals surface area contributed by atoms with Crippen LogP contribution in [0.1, 0.15) is 39.2 Å². The van der Waals surface area contributed by atoms with Crippen LogP contribution < -0.4 is 0 Å². The highest BCUT2D eigenvalue weighted by Crippen LogP contribution is 2.21. The van der Waals surface area contributed by atoms with Crippen LogP contribution >= 0.6 is 0 Å². The topological polar surface area (TPSA) is 52.6 Å². The maximum atomic E-state index is 13.7. The lowest BCUT2D eigenvalue weighted by Gasteiger charge is -2.19. The Morgan fingerprint density at radius 1 is 1.19 bits per heavy atom. The molecule has 0 saturated heterocycles. The summed E-state index contributed by atoms with van der Waals surface area (Å²) in [5.74, 6) is -1.54. The molecule has 0 amide bonds. The first-order valence-electron chi connectivity index (χ1n) is 6.73. The van der Waals surface area contributed by atoms with Gasteiger partial charge in [0.15, 0.2) is 0 Å². The molecular weight excluding hydrogens is 275 g/mol. The number of esters is 2. The maximum Gasteiger partial charge on any atom is 0.305 e. The number of halogens is 1. The third kappa shape index (κ3) is 5.77. The van der Waals surface area contributed by atoms with Gasteiger partial charge in [-0.05, 0) is 18.6 Å². The molecule has 0 bridgehead atoms. The fourth-order valence-corrected chi connectivity index (χ4v) is 1.82. The number of benzene rings is 1. The molecule has 1 aromatic carbocycles. The highest BCUT2D eigenvalue weighted by Gasteiger charge is 2.20. The van der Waals surface area contributed by atoms with Gasteiger partial charge in [0.25, 0.3) is 6.29 Å². The van der Waals surface area contributed by atoms with Crippen molar-refractivity contribution in [1.29, 1.82) is 0 Å². The molecule has 0 atom stereocenters. The summed E-state index contributed by atoms with van der Waals surface area (Å²) >= 11 is 0. The van der Waals surface area contributed by atoms with E-state index in [1.54, 1.807) is 24.3 Å². The van der Waals surface area contributed by atoms with Crippen LogP contribution in [0.25, 0.3) is 6.08 Å². The van der Waals surface area contributed by atoms with Crippen molar-refractivity contribution in [2.45, 2.75) is 39.9 Å². The van der Waals surface area contributed by atoms with E-state index in [1.165, 1.54) is 19.9 Å². The van der Waals surface area contributed by atoms with Crippen LogP contribution in [0.4, 0.5) is 4.39 Å². The Labute approximate surface area is 123 Å².